The lowest BCUT2D eigenvalue weighted by atomic mass is 9.79. The fourth-order valence-corrected chi connectivity index (χ4v) is 2.20. The Morgan fingerprint density at radius 3 is 2.16 bits per heavy atom. The van der Waals surface area contributed by atoms with E-state index in [0.717, 1.165) is 12.8 Å². The first-order valence-corrected chi connectivity index (χ1v) is 6.55. The Balaban J connectivity index is 0.00000361. The van der Waals surface area contributed by atoms with Crippen LogP contribution in [0, 0.1) is 11.8 Å². The summed E-state index contributed by atoms with van der Waals surface area (Å²) in [6.07, 6.45) is 2.87. The third-order valence-electron chi connectivity index (χ3n) is 3.20. The van der Waals surface area contributed by atoms with Crippen molar-refractivity contribution in [3.63, 3.8) is 0 Å². The maximum Gasteiger partial charge on any atom is 1.00 e. The molecule has 5 heteroatoms. The van der Waals surface area contributed by atoms with Crippen molar-refractivity contribution in [3.05, 3.63) is 12.2 Å². The summed E-state index contributed by atoms with van der Waals surface area (Å²) >= 11 is 0. The van der Waals surface area contributed by atoms with Gasteiger partial charge in [-0.1, -0.05) is 19.4 Å². The Bertz CT molecular complexity index is 391. The minimum atomic E-state index is -0.738. The second kappa shape index (κ2) is 7.07. The average Bonchev–Trinajstić information content (AvgIpc) is 2.38. The monoisotopic (exact) mass is 269 g/mol. The van der Waals surface area contributed by atoms with Crippen molar-refractivity contribution in [2.75, 3.05) is 6.61 Å². The standard InChI is InChI=1S/C14H20O5/c1-4-18-13(16)10-7-5-6-8-11(10)14(17)19-12(15)9(2)3/h10-11H,2,4-8H2,1,3H3/p+1. The van der Waals surface area contributed by atoms with Crippen LogP contribution in [0.2, 0.25) is 0 Å². The molecule has 0 saturated heterocycles. The fraction of sp³-hybridized carbons (Fsp3) is 0.643. The van der Waals surface area contributed by atoms with Gasteiger partial charge in [0.15, 0.2) is 0 Å². The Hall–Kier alpha value is -1.65. The quantitative estimate of drug-likeness (QED) is 0.444. The highest BCUT2D eigenvalue weighted by molar-refractivity contribution is 5.96. The normalized spacial score (nSPS) is 22.4. The van der Waals surface area contributed by atoms with Gasteiger partial charge in [-0.3, -0.25) is 9.59 Å². The van der Waals surface area contributed by atoms with Crippen molar-refractivity contribution >= 4 is 17.9 Å². The number of rotatable bonds is 4. The van der Waals surface area contributed by atoms with Gasteiger partial charge in [0, 0.05) is 5.57 Å². The molecule has 1 aliphatic carbocycles. The molecule has 106 valence electrons. The lowest BCUT2D eigenvalue weighted by Gasteiger charge is -2.27. The van der Waals surface area contributed by atoms with E-state index in [1.54, 1.807) is 6.92 Å². The van der Waals surface area contributed by atoms with E-state index in [1.165, 1.54) is 6.92 Å². The first-order valence-electron chi connectivity index (χ1n) is 6.55. The Morgan fingerprint density at radius 1 is 1.16 bits per heavy atom. The third-order valence-corrected chi connectivity index (χ3v) is 3.20. The van der Waals surface area contributed by atoms with Crippen LogP contribution in [0.5, 0.6) is 0 Å². The van der Waals surface area contributed by atoms with E-state index in [2.05, 4.69) is 6.58 Å². The largest absolute Gasteiger partial charge is 1.00 e. The zero-order valence-corrected chi connectivity index (χ0v) is 11.4. The van der Waals surface area contributed by atoms with Crippen LogP contribution >= 0.6 is 0 Å². The molecule has 1 rings (SSSR count). The van der Waals surface area contributed by atoms with Crippen LogP contribution < -0.4 is 0 Å². The molecule has 0 amide bonds. The first kappa shape index (κ1) is 15.4. The molecule has 5 nitrogen and oxygen atoms in total. The van der Waals surface area contributed by atoms with E-state index in [9.17, 15) is 14.4 Å². The van der Waals surface area contributed by atoms with Gasteiger partial charge in [0.2, 0.25) is 0 Å². The average molecular weight is 269 g/mol. The molecule has 0 aromatic heterocycles. The summed E-state index contributed by atoms with van der Waals surface area (Å²) in [6.45, 7) is 6.89. The van der Waals surface area contributed by atoms with Crippen molar-refractivity contribution in [1.82, 2.24) is 0 Å². The second-order valence-corrected chi connectivity index (χ2v) is 4.74. The van der Waals surface area contributed by atoms with Crippen LogP contribution in [0.15, 0.2) is 12.2 Å². The molecule has 0 spiro atoms. The molecule has 0 heterocycles. The number of carbonyl (C=O) groups excluding carboxylic acids is 3. The van der Waals surface area contributed by atoms with Crippen molar-refractivity contribution in [2.24, 2.45) is 11.8 Å². The van der Waals surface area contributed by atoms with Crippen LogP contribution in [0.3, 0.4) is 0 Å². The number of ether oxygens (including phenoxy) is 2. The molecule has 2 unspecified atom stereocenters. The van der Waals surface area contributed by atoms with Gasteiger partial charge in [-0.25, -0.2) is 4.79 Å². The van der Waals surface area contributed by atoms with Crippen LogP contribution in [-0.4, -0.2) is 24.5 Å². The van der Waals surface area contributed by atoms with Gasteiger partial charge in [0.05, 0.1) is 18.4 Å². The third kappa shape index (κ3) is 4.19. The minimum Gasteiger partial charge on any atom is -0.466 e. The summed E-state index contributed by atoms with van der Waals surface area (Å²) in [5.41, 5.74) is 0.164. The molecule has 1 aliphatic rings. The lowest BCUT2D eigenvalue weighted by molar-refractivity contribution is -0.168. The van der Waals surface area contributed by atoms with Gasteiger partial charge in [-0.2, -0.15) is 0 Å². The smallest absolute Gasteiger partial charge is 0.466 e. The molecule has 0 aliphatic heterocycles. The van der Waals surface area contributed by atoms with E-state index in [0.29, 0.717) is 12.8 Å². The van der Waals surface area contributed by atoms with Gasteiger partial charge in [-0.15, -0.1) is 0 Å². The summed E-state index contributed by atoms with van der Waals surface area (Å²) in [4.78, 5) is 35.1. The van der Waals surface area contributed by atoms with Gasteiger partial charge < -0.3 is 9.47 Å². The predicted molar refractivity (Wildman–Crippen MR) is 69.1 cm³/mol. The lowest BCUT2D eigenvalue weighted by Crippen LogP contribution is -2.35. The Labute approximate surface area is 114 Å². The van der Waals surface area contributed by atoms with Crippen molar-refractivity contribution in [1.29, 1.82) is 0 Å². The van der Waals surface area contributed by atoms with E-state index in [-0.39, 0.29) is 19.6 Å². The van der Waals surface area contributed by atoms with Crippen LogP contribution in [-0.2, 0) is 23.9 Å². The SMILES string of the molecule is C=C(C)C(=O)OC(=O)C1CCCCC1C(=O)OCC.[H+]. The van der Waals surface area contributed by atoms with E-state index in [1.807, 2.05) is 0 Å². The van der Waals surface area contributed by atoms with E-state index < -0.39 is 23.8 Å². The molecule has 0 bridgehead atoms. The predicted octanol–water partition coefficient (Wildman–Crippen LogP) is 2.11. The minimum absolute atomic E-state index is 0. The molecule has 0 N–H and O–H groups in total. The molecule has 0 radical (unpaired) electrons. The molecule has 1 saturated carbocycles. The highest BCUT2D eigenvalue weighted by Gasteiger charge is 2.38. The number of esters is 3. The number of hydrogen-bond donors (Lipinski definition) is 0. The summed E-state index contributed by atoms with van der Waals surface area (Å²) in [7, 11) is 0. The Morgan fingerprint density at radius 2 is 1.68 bits per heavy atom. The van der Waals surface area contributed by atoms with Gasteiger partial charge in [-0.05, 0) is 26.7 Å². The van der Waals surface area contributed by atoms with Crippen LogP contribution in [0.1, 0.15) is 41.0 Å². The van der Waals surface area contributed by atoms with Gasteiger partial charge in [0.25, 0.3) is 0 Å². The molecular formula is C14H21O5+. The highest BCUT2D eigenvalue weighted by atomic mass is 16.6. The maximum atomic E-state index is 11.9. The van der Waals surface area contributed by atoms with Crippen molar-refractivity contribution < 1.29 is 25.3 Å². The van der Waals surface area contributed by atoms with Crippen LogP contribution in [0.25, 0.3) is 0 Å². The van der Waals surface area contributed by atoms with Crippen molar-refractivity contribution in [3.8, 4) is 0 Å². The summed E-state index contributed by atoms with van der Waals surface area (Å²) in [6, 6.07) is 0. The molecule has 0 aromatic carbocycles. The summed E-state index contributed by atoms with van der Waals surface area (Å²) in [5.74, 6) is -2.86. The van der Waals surface area contributed by atoms with E-state index in [4.69, 9.17) is 9.47 Å². The molecule has 2 atom stereocenters. The maximum absolute atomic E-state index is 11.9. The molecular weight excluding hydrogens is 248 g/mol. The zero-order chi connectivity index (χ0) is 14.4. The van der Waals surface area contributed by atoms with Crippen molar-refractivity contribution in [2.45, 2.75) is 39.5 Å². The summed E-state index contributed by atoms with van der Waals surface area (Å²) in [5, 5.41) is 0. The summed E-state index contributed by atoms with van der Waals surface area (Å²) < 4.78 is 9.69. The first-order chi connectivity index (χ1) is 8.97. The topological polar surface area (TPSA) is 69.7 Å². The highest BCUT2D eigenvalue weighted by Crippen LogP contribution is 2.32. The molecule has 0 aromatic rings. The van der Waals surface area contributed by atoms with E-state index >= 15 is 0 Å². The molecule has 1 fully saturated rings. The Kier molecular flexibility index (Phi) is 5.73. The fourth-order valence-electron chi connectivity index (χ4n) is 2.20. The number of carbonyl (C=O) groups is 3. The zero-order valence-electron chi connectivity index (χ0n) is 12.4. The van der Waals surface area contributed by atoms with Crippen LogP contribution in [0.4, 0.5) is 0 Å². The van der Waals surface area contributed by atoms with Gasteiger partial charge >= 0.3 is 19.3 Å². The van der Waals surface area contributed by atoms with Gasteiger partial charge in [0.1, 0.15) is 0 Å². The number of hydrogen-bond acceptors (Lipinski definition) is 5. The second-order valence-electron chi connectivity index (χ2n) is 4.74. The molecule has 19 heavy (non-hydrogen) atoms.